The Hall–Kier alpha value is -1.60. The fraction of sp³-hybridized carbons (Fsp3) is 0.562. The normalized spacial score (nSPS) is 17.5. The average Bonchev–Trinajstić information content (AvgIpc) is 2.94. The van der Waals surface area contributed by atoms with Gasteiger partial charge < -0.3 is 23.8 Å². The van der Waals surface area contributed by atoms with Crippen molar-refractivity contribution < 1.29 is 23.7 Å². The Balaban J connectivity index is 2.33. The Morgan fingerprint density at radius 3 is 2.48 bits per heavy atom. The summed E-state index contributed by atoms with van der Waals surface area (Å²) >= 11 is 1.59. The molecule has 1 atom stereocenters. The number of rotatable bonds is 8. The Morgan fingerprint density at radius 1 is 1.13 bits per heavy atom. The number of methoxy groups -OCH3 is 4. The molecule has 0 saturated carbocycles. The quantitative estimate of drug-likeness (QED) is 0.677. The Kier molecular flexibility index (Phi) is 6.41. The lowest BCUT2D eigenvalue weighted by atomic mass is 10.1. The highest BCUT2D eigenvalue weighted by molar-refractivity contribution is 8.00. The van der Waals surface area contributed by atoms with Crippen LogP contribution in [0.15, 0.2) is 12.1 Å². The summed E-state index contributed by atoms with van der Waals surface area (Å²) in [5.74, 6) is 2.36. The van der Waals surface area contributed by atoms with E-state index < -0.39 is 0 Å². The van der Waals surface area contributed by atoms with Crippen LogP contribution < -0.4 is 14.2 Å². The van der Waals surface area contributed by atoms with Crippen LogP contribution in [0.2, 0.25) is 0 Å². The van der Waals surface area contributed by atoms with Gasteiger partial charge in [-0.15, -0.1) is 11.8 Å². The van der Waals surface area contributed by atoms with Crippen molar-refractivity contribution in [1.29, 1.82) is 0 Å². The molecule has 1 fully saturated rings. The van der Waals surface area contributed by atoms with Gasteiger partial charge in [-0.3, -0.25) is 4.79 Å². The maximum atomic E-state index is 12.2. The number of hydrogen-bond acceptors (Lipinski definition) is 6. The first-order chi connectivity index (χ1) is 11.2. The van der Waals surface area contributed by atoms with Gasteiger partial charge in [-0.25, -0.2) is 0 Å². The third kappa shape index (κ3) is 3.67. The molecule has 1 saturated heterocycles. The molecule has 7 heteroatoms. The summed E-state index contributed by atoms with van der Waals surface area (Å²) in [6, 6.07) is 3.77. The Morgan fingerprint density at radius 2 is 1.87 bits per heavy atom. The van der Waals surface area contributed by atoms with Crippen LogP contribution in [-0.2, 0) is 9.53 Å². The van der Waals surface area contributed by atoms with Gasteiger partial charge in [0.25, 0.3) is 0 Å². The number of nitrogens with zero attached hydrogens (tertiary/aromatic N) is 1. The van der Waals surface area contributed by atoms with Crippen LogP contribution in [0.5, 0.6) is 17.2 Å². The lowest BCUT2D eigenvalue weighted by Crippen LogP contribution is -2.30. The van der Waals surface area contributed by atoms with Crippen LogP contribution in [-0.4, -0.2) is 58.2 Å². The van der Waals surface area contributed by atoms with Gasteiger partial charge in [0.05, 0.1) is 27.1 Å². The van der Waals surface area contributed by atoms with Crippen molar-refractivity contribution in [2.45, 2.75) is 11.8 Å². The van der Waals surface area contributed by atoms with Crippen molar-refractivity contribution in [2.75, 3.05) is 47.3 Å². The van der Waals surface area contributed by atoms with E-state index in [-0.39, 0.29) is 11.3 Å². The smallest absolute Gasteiger partial charge is 0.233 e. The number of amides is 1. The predicted octanol–water partition coefficient (Wildman–Crippen LogP) is 2.32. The van der Waals surface area contributed by atoms with Crippen molar-refractivity contribution in [3.8, 4) is 17.2 Å². The van der Waals surface area contributed by atoms with E-state index in [1.807, 2.05) is 17.0 Å². The molecule has 1 amide bonds. The molecular weight excluding hydrogens is 318 g/mol. The summed E-state index contributed by atoms with van der Waals surface area (Å²) in [5.41, 5.74) is 0.915. The standard InChI is InChI=1S/C16H23NO5S/c1-19-9-5-8-17-13(18)10-23-16(17)11-6-7-12(20-2)15(22-4)14(11)21-3/h6-7,16H,5,8-10H2,1-4H3. The van der Waals surface area contributed by atoms with E-state index in [4.69, 9.17) is 18.9 Å². The van der Waals surface area contributed by atoms with Crippen molar-refractivity contribution >= 4 is 17.7 Å². The lowest BCUT2D eigenvalue weighted by Gasteiger charge is -2.26. The van der Waals surface area contributed by atoms with E-state index in [2.05, 4.69) is 0 Å². The second-order valence-corrected chi connectivity index (χ2v) is 6.09. The predicted molar refractivity (Wildman–Crippen MR) is 89.5 cm³/mol. The number of carbonyl (C=O) groups is 1. The van der Waals surface area contributed by atoms with Gasteiger partial charge in [0.1, 0.15) is 5.37 Å². The highest BCUT2D eigenvalue weighted by Gasteiger charge is 2.35. The molecule has 2 rings (SSSR count). The molecule has 0 N–H and O–H groups in total. The molecule has 1 unspecified atom stereocenters. The van der Waals surface area contributed by atoms with E-state index in [0.717, 1.165) is 12.0 Å². The molecular formula is C16H23NO5S. The first kappa shape index (κ1) is 17.7. The van der Waals surface area contributed by atoms with E-state index in [0.29, 0.717) is 36.2 Å². The van der Waals surface area contributed by atoms with E-state index in [9.17, 15) is 4.79 Å². The summed E-state index contributed by atoms with van der Waals surface area (Å²) < 4.78 is 21.4. The van der Waals surface area contributed by atoms with E-state index >= 15 is 0 Å². The van der Waals surface area contributed by atoms with Crippen LogP contribution in [0.4, 0.5) is 0 Å². The SMILES string of the molecule is COCCCN1C(=O)CSC1c1ccc(OC)c(OC)c1OC. The monoisotopic (exact) mass is 341 g/mol. The molecule has 6 nitrogen and oxygen atoms in total. The maximum absolute atomic E-state index is 12.2. The van der Waals surface area contributed by atoms with Gasteiger partial charge in [-0.2, -0.15) is 0 Å². The zero-order valence-electron chi connectivity index (χ0n) is 14.0. The Labute approximate surface area is 141 Å². The lowest BCUT2D eigenvalue weighted by molar-refractivity contribution is -0.128. The van der Waals surface area contributed by atoms with Crippen molar-refractivity contribution in [1.82, 2.24) is 4.90 Å². The van der Waals surface area contributed by atoms with Gasteiger partial charge in [-0.1, -0.05) is 0 Å². The van der Waals surface area contributed by atoms with E-state index in [1.165, 1.54) is 0 Å². The number of thioether (sulfide) groups is 1. The van der Waals surface area contributed by atoms with Gasteiger partial charge in [-0.05, 0) is 18.6 Å². The minimum atomic E-state index is -0.0888. The molecule has 1 aromatic carbocycles. The van der Waals surface area contributed by atoms with E-state index in [1.54, 1.807) is 40.2 Å². The van der Waals surface area contributed by atoms with Crippen molar-refractivity contribution in [3.05, 3.63) is 17.7 Å². The van der Waals surface area contributed by atoms with Gasteiger partial charge >= 0.3 is 0 Å². The minimum Gasteiger partial charge on any atom is -0.493 e. The third-order valence-electron chi connectivity index (χ3n) is 3.72. The zero-order chi connectivity index (χ0) is 16.8. The summed E-state index contributed by atoms with van der Waals surface area (Å²) in [6.45, 7) is 1.28. The second kappa shape index (κ2) is 8.31. The highest BCUT2D eigenvalue weighted by Crippen LogP contribution is 2.48. The van der Waals surface area contributed by atoms with Crippen molar-refractivity contribution in [3.63, 3.8) is 0 Å². The molecule has 1 aromatic rings. The second-order valence-electron chi connectivity index (χ2n) is 5.02. The molecule has 1 aliphatic rings. The van der Waals surface area contributed by atoms with Crippen molar-refractivity contribution in [2.24, 2.45) is 0 Å². The highest BCUT2D eigenvalue weighted by atomic mass is 32.2. The zero-order valence-corrected chi connectivity index (χ0v) is 14.8. The summed E-state index contributed by atoms with van der Waals surface area (Å²) in [6.07, 6.45) is 0.801. The number of carbonyl (C=O) groups excluding carboxylic acids is 1. The number of hydrogen-bond donors (Lipinski definition) is 0. The fourth-order valence-electron chi connectivity index (χ4n) is 2.65. The largest absolute Gasteiger partial charge is 0.493 e. The van der Waals surface area contributed by atoms with Crippen LogP contribution in [0.3, 0.4) is 0 Å². The number of ether oxygens (including phenoxy) is 4. The number of benzene rings is 1. The molecule has 0 bridgehead atoms. The molecule has 1 aliphatic heterocycles. The van der Waals surface area contributed by atoms with Gasteiger partial charge in [0.2, 0.25) is 11.7 Å². The summed E-state index contributed by atoms with van der Waals surface area (Å²) in [4.78, 5) is 14.1. The molecule has 1 heterocycles. The minimum absolute atomic E-state index is 0.0888. The molecule has 0 aromatic heterocycles. The molecule has 23 heavy (non-hydrogen) atoms. The third-order valence-corrected chi connectivity index (χ3v) is 4.95. The molecule has 128 valence electrons. The van der Waals surface area contributed by atoms with Gasteiger partial charge in [0, 0.05) is 25.8 Å². The molecule has 0 radical (unpaired) electrons. The fourth-order valence-corrected chi connectivity index (χ4v) is 3.89. The molecule has 0 spiro atoms. The van der Waals surface area contributed by atoms with Crippen LogP contribution in [0, 0.1) is 0 Å². The summed E-state index contributed by atoms with van der Waals surface area (Å²) in [5, 5.41) is -0.0888. The summed E-state index contributed by atoms with van der Waals surface area (Å²) in [7, 11) is 6.42. The average molecular weight is 341 g/mol. The first-order valence-electron chi connectivity index (χ1n) is 7.36. The molecule has 0 aliphatic carbocycles. The van der Waals surface area contributed by atoms with Crippen LogP contribution in [0.1, 0.15) is 17.4 Å². The first-order valence-corrected chi connectivity index (χ1v) is 8.41. The maximum Gasteiger partial charge on any atom is 0.233 e. The van der Waals surface area contributed by atoms with Crippen LogP contribution in [0.25, 0.3) is 0 Å². The van der Waals surface area contributed by atoms with Crippen LogP contribution >= 0.6 is 11.8 Å². The Bertz CT molecular complexity index is 552. The topological polar surface area (TPSA) is 57.2 Å². The van der Waals surface area contributed by atoms with Gasteiger partial charge in [0.15, 0.2) is 11.5 Å².